The van der Waals surface area contributed by atoms with Gasteiger partial charge in [0.15, 0.2) is 5.75 Å². The summed E-state index contributed by atoms with van der Waals surface area (Å²) in [5.41, 5.74) is 3.89. The number of esters is 2. The van der Waals surface area contributed by atoms with Gasteiger partial charge in [0.2, 0.25) is 0 Å². The van der Waals surface area contributed by atoms with E-state index in [9.17, 15) is 9.59 Å². The maximum absolute atomic E-state index is 12.9. The molecule has 8 heteroatoms. The Kier molecular flexibility index (Phi) is 8.42. The van der Waals surface area contributed by atoms with Crippen molar-refractivity contribution in [1.29, 1.82) is 0 Å². The van der Waals surface area contributed by atoms with E-state index >= 15 is 0 Å². The maximum atomic E-state index is 12.9. The third-order valence-corrected chi connectivity index (χ3v) is 5.44. The summed E-state index contributed by atoms with van der Waals surface area (Å²) >= 11 is 0. The van der Waals surface area contributed by atoms with Crippen LogP contribution in [0.25, 0.3) is 22.5 Å². The molecular formula is C30H25N3O5. The van der Waals surface area contributed by atoms with Gasteiger partial charge in [-0.15, -0.1) is 0 Å². The van der Waals surface area contributed by atoms with Crippen molar-refractivity contribution >= 4 is 11.9 Å². The Bertz CT molecular complexity index is 1510. The average molecular weight is 508 g/mol. The van der Waals surface area contributed by atoms with Crippen molar-refractivity contribution < 1.29 is 23.8 Å². The second-order valence-corrected chi connectivity index (χ2v) is 7.87. The zero-order chi connectivity index (χ0) is 26.9. The topological polar surface area (TPSA) is 100 Å². The number of methoxy groups -OCH3 is 1. The van der Waals surface area contributed by atoms with Gasteiger partial charge < -0.3 is 14.2 Å². The molecule has 0 aliphatic heterocycles. The van der Waals surface area contributed by atoms with E-state index in [0.29, 0.717) is 22.5 Å². The predicted molar refractivity (Wildman–Crippen MR) is 142 cm³/mol. The molecule has 190 valence electrons. The first-order valence-electron chi connectivity index (χ1n) is 12.0. The Morgan fingerprint density at radius 1 is 0.816 bits per heavy atom. The highest BCUT2D eigenvalue weighted by molar-refractivity contribution is 6.00. The van der Waals surface area contributed by atoms with Gasteiger partial charge in [-0.2, -0.15) is 0 Å². The van der Waals surface area contributed by atoms with E-state index in [1.165, 1.54) is 25.6 Å². The van der Waals surface area contributed by atoms with Crippen LogP contribution in [0.15, 0.2) is 73.3 Å². The molecule has 0 saturated carbocycles. The number of carbonyl (C=O) groups excluding carboxylic acids is 2. The monoisotopic (exact) mass is 507 g/mol. The molecule has 1 aromatic carbocycles. The van der Waals surface area contributed by atoms with Gasteiger partial charge in [-0.25, -0.2) is 14.6 Å². The van der Waals surface area contributed by atoms with Crippen molar-refractivity contribution in [3.05, 3.63) is 95.6 Å². The molecule has 0 amide bonds. The Morgan fingerprint density at radius 2 is 1.50 bits per heavy atom. The minimum Gasteiger partial charge on any atom is -0.494 e. The fraction of sp³-hybridized carbons (Fsp3) is 0.167. The highest BCUT2D eigenvalue weighted by Crippen LogP contribution is 2.36. The Labute approximate surface area is 220 Å². The molecule has 8 nitrogen and oxygen atoms in total. The van der Waals surface area contributed by atoms with Crippen LogP contribution in [0.1, 0.15) is 45.7 Å². The lowest BCUT2D eigenvalue weighted by molar-refractivity contribution is 0.0515. The molecule has 4 rings (SSSR count). The van der Waals surface area contributed by atoms with Crippen LogP contribution in [-0.4, -0.2) is 47.2 Å². The molecule has 0 aliphatic carbocycles. The van der Waals surface area contributed by atoms with Gasteiger partial charge in [0.1, 0.15) is 11.3 Å². The van der Waals surface area contributed by atoms with Gasteiger partial charge in [-0.05, 0) is 50.2 Å². The maximum Gasteiger partial charge on any atom is 0.342 e. The minimum atomic E-state index is -0.574. The smallest absolute Gasteiger partial charge is 0.342 e. The molecule has 0 atom stereocenters. The van der Waals surface area contributed by atoms with Crippen LogP contribution >= 0.6 is 0 Å². The molecule has 3 heterocycles. The lowest BCUT2D eigenvalue weighted by Crippen LogP contribution is -2.11. The Morgan fingerprint density at radius 3 is 2.16 bits per heavy atom. The first kappa shape index (κ1) is 26.0. The average Bonchev–Trinajstić information content (AvgIpc) is 2.96. The van der Waals surface area contributed by atoms with E-state index in [1.54, 1.807) is 32.3 Å². The van der Waals surface area contributed by atoms with E-state index in [0.717, 1.165) is 11.1 Å². The normalized spacial score (nSPS) is 10.2. The highest BCUT2D eigenvalue weighted by atomic mass is 16.5. The zero-order valence-corrected chi connectivity index (χ0v) is 21.2. The number of pyridine rings is 3. The molecular weight excluding hydrogens is 482 g/mol. The molecule has 38 heavy (non-hydrogen) atoms. The third kappa shape index (κ3) is 5.85. The van der Waals surface area contributed by atoms with Crippen molar-refractivity contribution in [2.75, 3.05) is 20.3 Å². The first-order valence-corrected chi connectivity index (χ1v) is 12.0. The van der Waals surface area contributed by atoms with E-state index in [2.05, 4.69) is 21.8 Å². The molecule has 0 fully saturated rings. The summed E-state index contributed by atoms with van der Waals surface area (Å²) in [7, 11) is 1.46. The van der Waals surface area contributed by atoms with Crippen LogP contribution < -0.4 is 4.74 Å². The molecule has 0 spiro atoms. The molecule has 0 aliphatic rings. The number of carbonyl (C=O) groups is 2. The molecule has 4 aromatic rings. The lowest BCUT2D eigenvalue weighted by Gasteiger charge is -2.16. The lowest BCUT2D eigenvalue weighted by atomic mass is 10.0. The number of benzene rings is 1. The Balaban J connectivity index is 1.84. The summed E-state index contributed by atoms with van der Waals surface area (Å²) in [6.07, 6.45) is 6.40. The summed E-state index contributed by atoms with van der Waals surface area (Å²) in [4.78, 5) is 38.6. The number of hydrogen-bond donors (Lipinski definition) is 0. The number of hydrogen-bond acceptors (Lipinski definition) is 8. The van der Waals surface area contributed by atoms with Crippen LogP contribution in [0.4, 0.5) is 0 Å². The van der Waals surface area contributed by atoms with Gasteiger partial charge in [0.25, 0.3) is 0 Å². The second kappa shape index (κ2) is 12.3. The van der Waals surface area contributed by atoms with Gasteiger partial charge in [0, 0.05) is 47.0 Å². The van der Waals surface area contributed by atoms with Gasteiger partial charge in [-0.1, -0.05) is 24.0 Å². The first-order chi connectivity index (χ1) is 18.5. The fourth-order valence-corrected chi connectivity index (χ4v) is 3.71. The molecule has 0 saturated heterocycles. The SMILES string of the molecule is CCOC(=O)c1ccncc1-c1cc(C(=O)OCC)c(OC)c(-c2ccc(C#Cc3cccnc3)cc2)n1. The van der Waals surface area contributed by atoms with E-state index in [-0.39, 0.29) is 30.1 Å². The summed E-state index contributed by atoms with van der Waals surface area (Å²) in [6, 6.07) is 14.2. The van der Waals surface area contributed by atoms with Gasteiger partial charge in [0.05, 0.1) is 31.6 Å². The molecule has 0 unspecified atom stereocenters. The fourth-order valence-electron chi connectivity index (χ4n) is 3.71. The number of aromatic nitrogens is 3. The quantitative estimate of drug-likeness (QED) is 0.255. The van der Waals surface area contributed by atoms with Crippen LogP contribution in [-0.2, 0) is 9.47 Å². The summed E-state index contributed by atoms with van der Waals surface area (Å²) in [6.45, 7) is 3.84. The van der Waals surface area contributed by atoms with E-state index in [4.69, 9.17) is 19.2 Å². The van der Waals surface area contributed by atoms with Crippen LogP contribution in [0.2, 0.25) is 0 Å². The summed E-state index contributed by atoms with van der Waals surface area (Å²) in [5.74, 6) is 5.35. The third-order valence-electron chi connectivity index (χ3n) is 5.44. The number of ether oxygens (including phenoxy) is 3. The van der Waals surface area contributed by atoms with Crippen LogP contribution in [0, 0.1) is 11.8 Å². The molecule has 0 N–H and O–H groups in total. The van der Waals surface area contributed by atoms with Crippen LogP contribution in [0.3, 0.4) is 0 Å². The summed E-state index contributed by atoms with van der Waals surface area (Å²) < 4.78 is 16.1. The van der Waals surface area contributed by atoms with E-state index in [1.807, 2.05) is 36.4 Å². The predicted octanol–water partition coefficient (Wildman–Crippen LogP) is 4.97. The molecule has 3 aromatic heterocycles. The zero-order valence-electron chi connectivity index (χ0n) is 21.2. The van der Waals surface area contributed by atoms with Crippen LogP contribution in [0.5, 0.6) is 5.75 Å². The van der Waals surface area contributed by atoms with Crippen molar-refractivity contribution in [1.82, 2.24) is 15.0 Å². The largest absolute Gasteiger partial charge is 0.494 e. The van der Waals surface area contributed by atoms with E-state index < -0.39 is 11.9 Å². The molecule has 0 radical (unpaired) electrons. The van der Waals surface area contributed by atoms with Gasteiger partial charge in [-0.3, -0.25) is 9.97 Å². The highest BCUT2D eigenvalue weighted by Gasteiger charge is 2.24. The second-order valence-electron chi connectivity index (χ2n) is 7.87. The minimum absolute atomic E-state index is 0.174. The number of rotatable bonds is 7. The standard InChI is InChI=1S/C30H25N3O5/c1-4-37-29(34)23-14-16-32-19-25(23)26-17-24(30(35)38-5-2)28(36-3)27(33-26)22-12-10-20(11-13-22)8-9-21-7-6-15-31-18-21/h6-7,10-19H,4-5H2,1-3H3. The van der Waals surface area contributed by atoms with Crippen molar-refractivity contribution in [2.45, 2.75) is 13.8 Å². The van der Waals surface area contributed by atoms with Crippen molar-refractivity contribution in [3.8, 4) is 40.1 Å². The molecule has 0 bridgehead atoms. The summed E-state index contributed by atoms with van der Waals surface area (Å²) in [5, 5.41) is 0. The van der Waals surface area contributed by atoms with Crippen molar-refractivity contribution in [3.63, 3.8) is 0 Å². The Hall–Kier alpha value is -5.03. The number of nitrogens with zero attached hydrogens (tertiary/aromatic N) is 3. The van der Waals surface area contributed by atoms with Gasteiger partial charge >= 0.3 is 11.9 Å². The van der Waals surface area contributed by atoms with Crippen molar-refractivity contribution in [2.24, 2.45) is 0 Å².